The maximum atomic E-state index is 9.67. The van der Waals surface area contributed by atoms with Crippen LogP contribution < -0.4 is 15.4 Å². The number of benzene rings is 1. The number of hydrogen-bond acceptors (Lipinski definition) is 3. The summed E-state index contributed by atoms with van der Waals surface area (Å²) in [5.41, 5.74) is 1.01. The smallest absolute Gasteiger partial charge is 0.191 e. The van der Waals surface area contributed by atoms with E-state index in [0.29, 0.717) is 24.9 Å². The number of nitrogens with zero attached hydrogens (tertiary/aromatic N) is 1. The Morgan fingerprint density at radius 1 is 1.40 bits per heavy atom. The molecular weight excluding hydrogens is 254 g/mol. The minimum absolute atomic E-state index is 0.169. The third-order valence-corrected chi connectivity index (χ3v) is 3.01. The van der Waals surface area contributed by atoms with Gasteiger partial charge in [0.2, 0.25) is 0 Å². The van der Waals surface area contributed by atoms with Crippen LogP contribution in [0.5, 0.6) is 11.5 Å². The van der Waals surface area contributed by atoms with Crippen molar-refractivity contribution in [2.75, 3.05) is 13.2 Å². The molecule has 1 aliphatic rings. The SMILES string of the molecule is CCNC(=NCc1ccc(O)c(OCC)c1)NC1CC1. The third-order valence-electron chi connectivity index (χ3n) is 3.01. The summed E-state index contributed by atoms with van der Waals surface area (Å²) in [5, 5.41) is 16.3. The highest BCUT2D eigenvalue weighted by Gasteiger charge is 2.22. The van der Waals surface area contributed by atoms with Gasteiger partial charge in [-0.25, -0.2) is 4.99 Å². The van der Waals surface area contributed by atoms with Crippen molar-refractivity contribution >= 4 is 5.96 Å². The van der Waals surface area contributed by atoms with Crippen LogP contribution in [0.25, 0.3) is 0 Å². The van der Waals surface area contributed by atoms with Gasteiger partial charge in [0.1, 0.15) is 0 Å². The van der Waals surface area contributed by atoms with E-state index in [-0.39, 0.29) is 5.75 Å². The van der Waals surface area contributed by atoms with E-state index in [2.05, 4.69) is 22.5 Å². The monoisotopic (exact) mass is 277 g/mol. The molecule has 1 aromatic rings. The molecule has 110 valence electrons. The number of guanidine groups is 1. The Hall–Kier alpha value is -1.91. The van der Waals surface area contributed by atoms with Crippen LogP contribution in [0.2, 0.25) is 0 Å². The van der Waals surface area contributed by atoms with Crippen LogP contribution in [0, 0.1) is 0 Å². The summed E-state index contributed by atoms with van der Waals surface area (Å²) in [6.07, 6.45) is 2.44. The molecule has 20 heavy (non-hydrogen) atoms. The lowest BCUT2D eigenvalue weighted by molar-refractivity contribution is 0.318. The highest BCUT2D eigenvalue weighted by Crippen LogP contribution is 2.27. The summed E-state index contributed by atoms with van der Waals surface area (Å²) >= 11 is 0. The molecule has 1 aromatic carbocycles. The Balaban J connectivity index is 2.01. The normalized spacial score (nSPS) is 15.0. The number of phenolic OH excluding ortho intramolecular Hbond substituents is 1. The van der Waals surface area contributed by atoms with E-state index in [1.807, 2.05) is 19.1 Å². The van der Waals surface area contributed by atoms with Crippen molar-refractivity contribution in [3.05, 3.63) is 23.8 Å². The fourth-order valence-electron chi connectivity index (χ4n) is 1.84. The molecule has 0 amide bonds. The first-order valence-corrected chi connectivity index (χ1v) is 7.22. The third kappa shape index (κ3) is 4.33. The van der Waals surface area contributed by atoms with Crippen molar-refractivity contribution in [2.24, 2.45) is 4.99 Å². The second-order valence-corrected chi connectivity index (χ2v) is 4.85. The van der Waals surface area contributed by atoms with Crippen LogP contribution >= 0.6 is 0 Å². The highest BCUT2D eigenvalue weighted by molar-refractivity contribution is 5.80. The molecule has 0 saturated heterocycles. The largest absolute Gasteiger partial charge is 0.504 e. The second-order valence-electron chi connectivity index (χ2n) is 4.85. The molecule has 0 atom stereocenters. The number of hydrogen-bond donors (Lipinski definition) is 3. The lowest BCUT2D eigenvalue weighted by Gasteiger charge is -2.11. The molecule has 0 radical (unpaired) electrons. The summed E-state index contributed by atoms with van der Waals surface area (Å²) < 4.78 is 5.38. The predicted octanol–water partition coefficient (Wildman–Crippen LogP) is 2.01. The average Bonchev–Trinajstić information content (AvgIpc) is 3.24. The number of aromatic hydroxyl groups is 1. The Bertz CT molecular complexity index is 470. The number of rotatable bonds is 6. The summed E-state index contributed by atoms with van der Waals surface area (Å²) in [6, 6.07) is 5.92. The molecule has 1 fully saturated rings. The first kappa shape index (κ1) is 14.5. The van der Waals surface area contributed by atoms with E-state index >= 15 is 0 Å². The standard InChI is InChI=1S/C15H23N3O2/c1-3-16-15(18-12-6-7-12)17-10-11-5-8-13(19)14(9-11)20-4-2/h5,8-9,12,19H,3-4,6-7,10H2,1-2H3,(H2,16,17,18). The fourth-order valence-corrected chi connectivity index (χ4v) is 1.84. The molecule has 3 N–H and O–H groups in total. The number of aliphatic imine (C=N–C) groups is 1. The van der Waals surface area contributed by atoms with Gasteiger partial charge in [-0.1, -0.05) is 6.07 Å². The molecule has 0 spiro atoms. The summed E-state index contributed by atoms with van der Waals surface area (Å²) in [6.45, 7) is 5.89. The lowest BCUT2D eigenvalue weighted by Crippen LogP contribution is -2.38. The Labute approximate surface area is 120 Å². The maximum absolute atomic E-state index is 9.67. The molecule has 0 aliphatic heterocycles. The van der Waals surface area contributed by atoms with Crippen LogP contribution in [-0.4, -0.2) is 30.3 Å². The quantitative estimate of drug-likeness (QED) is 0.550. The molecular formula is C15H23N3O2. The van der Waals surface area contributed by atoms with Gasteiger partial charge in [-0.2, -0.15) is 0 Å². The van der Waals surface area contributed by atoms with E-state index in [1.54, 1.807) is 6.07 Å². The van der Waals surface area contributed by atoms with E-state index in [1.165, 1.54) is 12.8 Å². The number of ether oxygens (including phenoxy) is 1. The minimum Gasteiger partial charge on any atom is -0.504 e. The molecule has 0 aromatic heterocycles. The van der Waals surface area contributed by atoms with Gasteiger partial charge < -0.3 is 20.5 Å². The van der Waals surface area contributed by atoms with Crippen LogP contribution in [0.1, 0.15) is 32.3 Å². The van der Waals surface area contributed by atoms with Crippen molar-refractivity contribution in [1.82, 2.24) is 10.6 Å². The molecule has 0 unspecified atom stereocenters. The maximum Gasteiger partial charge on any atom is 0.191 e. The molecule has 2 rings (SSSR count). The van der Waals surface area contributed by atoms with Crippen molar-refractivity contribution in [2.45, 2.75) is 39.3 Å². The number of phenols is 1. The van der Waals surface area contributed by atoms with Crippen LogP contribution in [0.4, 0.5) is 0 Å². The van der Waals surface area contributed by atoms with Crippen LogP contribution in [0.3, 0.4) is 0 Å². The first-order chi connectivity index (χ1) is 9.72. The summed E-state index contributed by atoms with van der Waals surface area (Å²) in [7, 11) is 0. The lowest BCUT2D eigenvalue weighted by atomic mass is 10.2. The molecule has 1 saturated carbocycles. The van der Waals surface area contributed by atoms with Crippen molar-refractivity contribution < 1.29 is 9.84 Å². The minimum atomic E-state index is 0.169. The van der Waals surface area contributed by atoms with Crippen molar-refractivity contribution in [3.63, 3.8) is 0 Å². The molecule has 0 heterocycles. The zero-order valence-electron chi connectivity index (χ0n) is 12.1. The Morgan fingerprint density at radius 2 is 2.20 bits per heavy atom. The predicted molar refractivity (Wildman–Crippen MR) is 80.2 cm³/mol. The van der Waals surface area contributed by atoms with Gasteiger partial charge in [0.15, 0.2) is 17.5 Å². The van der Waals surface area contributed by atoms with Gasteiger partial charge >= 0.3 is 0 Å². The fraction of sp³-hybridized carbons (Fsp3) is 0.533. The summed E-state index contributed by atoms with van der Waals surface area (Å²) in [4.78, 5) is 4.55. The zero-order valence-corrected chi connectivity index (χ0v) is 12.1. The summed E-state index contributed by atoms with van der Waals surface area (Å²) in [5.74, 6) is 1.53. The van der Waals surface area contributed by atoms with E-state index in [4.69, 9.17) is 4.74 Å². The van der Waals surface area contributed by atoms with Crippen LogP contribution in [0.15, 0.2) is 23.2 Å². The second kappa shape index (κ2) is 7.03. The number of nitrogens with one attached hydrogen (secondary N) is 2. The molecule has 5 nitrogen and oxygen atoms in total. The average molecular weight is 277 g/mol. The molecule has 1 aliphatic carbocycles. The Kier molecular flexibility index (Phi) is 5.09. The first-order valence-electron chi connectivity index (χ1n) is 7.22. The van der Waals surface area contributed by atoms with Crippen molar-refractivity contribution in [3.8, 4) is 11.5 Å². The van der Waals surface area contributed by atoms with E-state index < -0.39 is 0 Å². The molecule has 5 heteroatoms. The topological polar surface area (TPSA) is 65.9 Å². The van der Waals surface area contributed by atoms with Crippen LogP contribution in [-0.2, 0) is 6.54 Å². The van der Waals surface area contributed by atoms with Gasteiger partial charge in [-0.3, -0.25) is 0 Å². The van der Waals surface area contributed by atoms with Gasteiger partial charge in [0.25, 0.3) is 0 Å². The van der Waals surface area contributed by atoms with Gasteiger partial charge in [-0.05, 0) is 44.4 Å². The highest BCUT2D eigenvalue weighted by atomic mass is 16.5. The van der Waals surface area contributed by atoms with Gasteiger partial charge in [0.05, 0.1) is 13.2 Å². The van der Waals surface area contributed by atoms with E-state index in [9.17, 15) is 5.11 Å². The molecule has 0 bridgehead atoms. The van der Waals surface area contributed by atoms with E-state index in [0.717, 1.165) is 18.1 Å². The van der Waals surface area contributed by atoms with Gasteiger partial charge in [-0.15, -0.1) is 0 Å². The van der Waals surface area contributed by atoms with Crippen molar-refractivity contribution in [1.29, 1.82) is 0 Å². The zero-order chi connectivity index (χ0) is 14.4. The van der Waals surface area contributed by atoms with Gasteiger partial charge in [0, 0.05) is 12.6 Å². The Morgan fingerprint density at radius 3 is 2.85 bits per heavy atom.